The van der Waals surface area contributed by atoms with E-state index in [1.807, 2.05) is 11.3 Å². The molecule has 0 aliphatic carbocycles. The van der Waals surface area contributed by atoms with E-state index in [1.165, 1.54) is 86.0 Å². The van der Waals surface area contributed by atoms with Gasteiger partial charge in [-0.1, -0.05) is 66.7 Å². The minimum Gasteiger partial charge on any atom is -0.344 e. The highest BCUT2D eigenvalue weighted by Gasteiger charge is 2.26. The fourth-order valence-electron chi connectivity index (χ4n) is 7.24. The third kappa shape index (κ3) is 2.24. The molecule has 5 aromatic heterocycles. The largest absolute Gasteiger partial charge is 0.344 e. The molecule has 39 heavy (non-hydrogen) atoms. The maximum atomic E-state index is 2.59. The molecule has 3 nitrogen and oxygen atoms in total. The molecule has 182 valence electrons. The Hall–Kier alpha value is -4.80. The van der Waals surface area contributed by atoms with Gasteiger partial charge in [0.25, 0.3) is 0 Å². The van der Waals surface area contributed by atoms with Gasteiger partial charge < -0.3 is 13.5 Å². The molecule has 0 radical (unpaired) electrons. The molecule has 0 saturated carbocycles. The zero-order valence-corrected chi connectivity index (χ0v) is 22.0. The molecule has 10 rings (SSSR count). The highest BCUT2D eigenvalue weighted by atomic mass is 32.1. The van der Waals surface area contributed by atoms with Gasteiger partial charge in [0.1, 0.15) is 4.83 Å². The van der Waals surface area contributed by atoms with Crippen molar-refractivity contribution in [3.8, 4) is 5.69 Å². The Morgan fingerprint density at radius 1 is 0.487 bits per heavy atom. The Balaban J connectivity index is 1.59. The number of fused-ring (bicyclic) bond motifs is 10. The van der Waals surface area contributed by atoms with Gasteiger partial charge in [0.05, 0.1) is 32.3 Å². The summed E-state index contributed by atoms with van der Waals surface area (Å²) in [5.74, 6) is 0. The summed E-state index contributed by atoms with van der Waals surface area (Å²) in [5.41, 5.74) is 8.93. The number of nitrogens with zero attached hydrogens (tertiary/aromatic N) is 3. The van der Waals surface area contributed by atoms with E-state index in [9.17, 15) is 0 Å². The van der Waals surface area contributed by atoms with Gasteiger partial charge in [0, 0.05) is 50.6 Å². The lowest BCUT2D eigenvalue weighted by atomic mass is 10.0. The number of benzene rings is 5. The van der Waals surface area contributed by atoms with Gasteiger partial charge in [0.2, 0.25) is 0 Å². The van der Waals surface area contributed by atoms with E-state index in [-0.39, 0.29) is 0 Å². The Kier molecular flexibility index (Phi) is 3.52. The molecule has 0 bridgehead atoms. The van der Waals surface area contributed by atoms with Crippen molar-refractivity contribution in [1.82, 2.24) is 13.5 Å². The molecule has 0 N–H and O–H groups in total. The summed E-state index contributed by atoms with van der Waals surface area (Å²) in [4.78, 5) is 1.30. The number of thiophene rings is 1. The van der Waals surface area contributed by atoms with Crippen molar-refractivity contribution < 1.29 is 0 Å². The number of rotatable bonds is 1. The highest BCUT2D eigenvalue weighted by molar-refractivity contribution is 7.26. The summed E-state index contributed by atoms with van der Waals surface area (Å²) in [6.45, 7) is 0. The fraction of sp³-hybridized carbons (Fsp3) is 0.0286. The maximum absolute atomic E-state index is 2.59. The van der Waals surface area contributed by atoms with Crippen LogP contribution >= 0.6 is 11.3 Å². The quantitative estimate of drug-likeness (QED) is 0.207. The normalized spacial score (nSPS) is 12.7. The minimum absolute atomic E-state index is 1.20. The zero-order valence-electron chi connectivity index (χ0n) is 21.1. The standard InChI is InChI=1S/C35H21N3S/c1-36-27-17-9-14-22-21-12-5-7-15-25(21)38-32-24(18-19-28(36)31(32)29(22)27)34-33(38)30-23-13-6-8-16-26(23)37(35(30)39-34)20-10-3-2-4-11-20/h2-19H,1H3. The van der Waals surface area contributed by atoms with Crippen molar-refractivity contribution in [1.29, 1.82) is 0 Å². The van der Waals surface area contributed by atoms with E-state index in [0.717, 1.165) is 0 Å². The summed E-state index contributed by atoms with van der Waals surface area (Å²) >= 11 is 1.93. The van der Waals surface area contributed by atoms with Gasteiger partial charge in [-0.3, -0.25) is 0 Å². The molecular weight excluding hydrogens is 494 g/mol. The maximum Gasteiger partial charge on any atom is 0.111 e. The molecule has 0 saturated heterocycles. The van der Waals surface area contributed by atoms with Crippen molar-refractivity contribution in [2.45, 2.75) is 0 Å². The first-order valence-electron chi connectivity index (χ1n) is 13.4. The molecule has 5 aromatic carbocycles. The van der Waals surface area contributed by atoms with Crippen LogP contribution in [0.15, 0.2) is 109 Å². The third-order valence-electron chi connectivity index (χ3n) is 8.79. The summed E-state index contributed by atoms with van der Waals surface area (Å²) in [6.07, 6.45) is 0. The smallest absolute Gasteiger partial charge is 0.111 e. The summed E-state index contributed by atoms with van der Waals surface area (Å²) in [7, 11) is 2.20. The molecular formula is C35H21N3S. The SMILES string of the molecule is Cn1c2cccc3c4ccccc4n4c5c(ccc1c5c32)c1sc2c(c3ccccc3n2-c2ccccc2)c14. The van der Waals surface area contributed by atoms with E-state index < -0.39 is 0 Å². The van der Waals surface area contributed by atoms with E-state index in [0.29, 0.717) is 0 Å². The first kappa shape index (κ1) is 20.2. The van der Waals surface area contributed by atoms with Crippen LogP contribution in [0.3, 0.4) is 0 Å². The van der Waals surface area contributed by atoms with Gasteiger partial charge in [0.15, 0.2) is 0 Å². The van der Waals surface area contributed by atoms with Crippen LogP contribution in [0.25, 0.3) is 86.0 Å². The van der Waals surface area contributed by atoms with Crippen molar-refractivity contribution >= 4 is 91.7 Å². The van der Waals surface area contributed by atoms with E-state index in [4.69, 9.17) is 0 Å². The van der Waals surface area contributed by atoms with Gasteiger partial charge >= 0.3 is 0 Å². The second-order valence-electron chi connectivity index (χ2n) is 10.6. The summed E-state index contributed by atoms with van der Waals surface area (Å²) < 4.78 is 8.76. The van der Waals surface area contributed by atoms with Crippen LogP contribution in [0.2, 0.25) is 0 Å². The summed E-state index contributed by atoms with van der Waals surface area (Å²) in [5, 5.41) is 9.30. The van der Waals surface area contributed by atoms with Crippen molar-refractivity contribution in [3.05, 3.63) is 109 Å². The lowest BCUT2D eigenvalue weighted by Crippen LogP contribution is -1.91. The molecule has 0 aliphatic heterocycles. The van der Waals surface area contributed by atoms with Crippen LogP contribution in [-0.2, 0) is 7.05 Å². The minimum atomic E-state index is 1.20. The topological polar surface area (TPSA) is 14.3 Å². The number of aromatic nitrogens is 3. The van der Waals surface area contributed by atoms with Gasteiger partial charge in [-0.15, -0.1) is 11.3 Å². The van der Waals surface area contributed by atoms with E-state index in [1.54, 1.807) is 0 Å². The molecule has 10 aromatic rings. The third-order valence-corrected chi connectivity index (χ3v) is 9.99. The van der Waals surface area contributed by atoms with Gasteiger partial charge in [-0.25, -0.2) is 0 Å². The van der Waals surface area contributed by atoms with Gasteiger partial charge in [-0.05, 0) is 47.9 Å². The lowest BCUT2D eigenvalue weighted by molar-refractivity contribution is 1.01. The number of aryl methyl sites for hydroxylation is 1. The predicted molar refractivity (Wildman–Crippen MR) is 167 cm³/mol. The molecule has 5 heterocycles. The van der Waals surface area contributed by atoms with Crippen LogP contribution in [0.5, 0.6) is 0 Å². The van der Waals surface area contributed by atoms with Crippen molar-refractivity contribution in [3.63, 3.8) is 0 Å². The van der Waals surface area contributed by atoms with Crippen molar-refractivity contribution in [2.75, 3.05) is 0 Å². The van der Waals surface area contributed by atoms with Crippen LogP contribution in [0.4, 0.5) is 0 Å². The predicted octanol–water partition coefficient (Wildman–Crippen LogP) is 9.64. The lowest BCUT2D eigenvalue weighted by Gasteiger charge is -2.05. The highest BCUT2D eigenvalue weighted by Crippen LogP contribution is 2.50. The van der Waals surface area contributed by atoms with Crippen LogP contribution in [-0.4, -0.2) is 13.5 Å². The molecule has 0 fully saturated rings. The van der Waals surface area contributed by atoms with Crippen LogP contribution in [0.1, 0.15) is 0 Å². The van der Waals surface area contributed by atoms with E-state index in [2.05, 4.69) is 130 Å². The van der Waals surface area contributed by atoms with Crippen molar-refractivity contribution in [2.24, 2.45) is 7.05 Å². The molecule has 0 unspecified atom stereocenters. The average molecular weight is 516 g/mol. The number of hydrogen-bond acceptors (Lipinski definition) is 1. The van der Waals surface area contributed by atoms with Crippen LogP contribution < -0.4 is 0 Å². The molecule has 4 heteroatoms. The molecule has 0 spiro atoms. The van der Waals surface area contributed by atoms with E-state index >= 15 is 0 Å². The number of hydrogen-bond donors (Lipinski definition) is 0. The summed E-state index contributed by atoms with van der Waals surface area (Å²) in [6, 6.07) is 40.1. The zero-order chi connectivity index (χ0) is 25.4. The second kappa shape index (κ2) is 6.79. The first-order chi connectivity index (χ1) is 19.3. The molecule has 0 amide bonds. The average Bonchev–Trinajstić information content (AvgIpc) is 3.66. The Morgan fingerprint density at radius 2 is 1.18 bits per heavy atom. The Morgan fingerprint density at radius 3 is 2.05 bits per heavy atom. The number of para-hydroxylation sites is 3. The second-order valence-corrected chi connectivity index (χ2v) is 11.6. The Bertz CT molecular complexity index is 2610. The van der Waals surface area contributed by atoms with Crippen LogP contribution in [0, 0.1) is 0 Å². The molecule has 0 aliphatic rings. The molecule has 0 atom stereocenters. The monoisotopic (exact) mass is 515 g/mol. The Labute approximate surface area is 226 Å². The van der Waals surface area contributed by atoms with Gasteiger partial charge in [-0.2, -0.15) is 0 Å². The first-order valence-corrected chi connectivity index (χ1v) is 14.2. The fourth-order valence-corrected chi connectivity index (χ4v) is 8.60.